The molecular formula is C21H23ClFN7O2S. The number of halogens is 2. The lowest BCUT2D eigenvalue weighted by Gasteiger charge is -2.27. The Bertz CT molecular complexity index is 1360. The number of anilines is 1. The van der Waals surface area contributed by atoms with Crippen molar-refractivity contribution in [2.45, 2.75) is 45.4 Å². The Morgan fingerprint density at radius 2 is 2.06 bits per heavy atom. The molecule has 33 heavy (non-hydrogen) atoms. The van der Waals surface area contributed by atoms with E-state index in [1.54, 1.807) is 29.9 Å². The van der Waals surface area contributed by atoms with Crippen LogP contribution in [-0.2, 0) is 16.2 Å². The number of fused-ring (bicyclic) bond motifs is 2. The van der Waals surface area contributed by atoms with Gasteiger partial charge in [-0.2, -0.15) is 5.10 Å². The molecule has 1 amide bonds. The largest absolute Gasteiger partial charge is 0.598 e. The first-order valence-electron chi connectivity index (χ1n) is 10.1. The SMILES string of the molecule is CC(=O)Nc1cn2cc(-c3c(Cl)c(F)c(C(C)N[S@@+]([O-])C(C)(C)C)c4[nH]ncc34)ncc2n1. The first kappa shape index (κ1) is 23.4. The predicted octanol–water partition coefficient (Wildman–Crippen LogP) is 4.14. The molecule has 4 rings (SSSR count). The summed E-state index contributed by atoms with van der Waals surface area (Å²) >= 11 is 5.10. The Morgan fingerprint density at radius 3 is 2.73 bits per heavy atom. The van der Waals surface area contributed by atoms with Gasteiger partial charge >= 0.3 is 0 Å². The summed E-state index contributed by atoms with van der Waals surface area (Å²) in [5, 5.41) is 9.99. The zero-order valence-electron chi connectivity index (χ0n) is 18.7. The van der Waals surface area contributed by atoms with Gasteiger partial charge in [0.15, 0.2) is 11.5 Å². The van der Waals surface area contributed by atoms with E-state index in [0.717, 1.165) is 0 Å². The molecule has 0 aliphatic carbocycles. The molecule has 0 bridgehead atoms. The van der Waals surface area contributed by atoms with Crippen LogP contribution < -0.4 is 10.0 Å². The van der Waals surface area contributed by atoms with Gasteiger partial charge in [-0.3, -0.25) is 14.9 Å². The molecule has 3 heterocycles. The Hall–Kier alpha value is -2.73. The molecule has 0 spiro atoms. The minimum Gasteiger partial charge on any atom is -0.598 e. The van der Waals surface area contributed by atoms with E-state index in [-0.39, 0.29) is 16.5 Å². The van der Waals surface area contributed by atoms with E-state index in [4.69, 9.17) is 11.6 Å². The molecule has 0 saturated carbocycles. The number of hydrogen-bond donors (Lipinski definition) is 3. The average molecular weight is 492 g/mol. The lowest BCUT2D eigenvalue weighted by Crippen LogP contribution is -2.40. The molecule has 0 saturated heterocycles. The molecule has 1 aromatic carbocycles. The van der Waals surface area contributed by atoms with Crippen molar-refractivity contribution in [3.63, 3.8) is 0 Å². The van der Waals surface area contributed by atoms with Crippen molar-refractivity contribution in [2.24, 2.45) is 0 Å². The highest BCUT2D eigenvalue weighted by Gasteiger charge is 2.32. The van der Waals surface area contributed by atoms with Crippen LogP contribution in [0.25, 0.3) is 27.8 Å². The molecule has 0 radical (unpaired) electrons. The highest BCUT2D eigenvalue weighted by atomic mass is 35.5. The number of carbonyl (C=O) groups excluding carboxylic acids is 1. The fraction of sp³-hybridized carbons (Fsp3) is 0.333. The number of H-pyrrole nitrogens is 1. The highest BCUT2D eigenvalue weighted by molar-refractivity contribution is 7.90. The number of nitrogens with zero attached hydrogens (tertiary/aromatic N) is 4. The molecule has 174 valence electrons. The molecule has 4 aromatic rings. The van der Waals surface area contributed by atoms with Gasteiger partial charge in [0.1, 0.15) is 10.6 Å². The Balaban J connectivity index is 1.82. The van der Waals surface area contributed by atoms with Crippen LogP contribution in [0.4, 0.5) is 10.2 Å². The number of rotatable bonds is 5. The van der Waals surface area contributed by atoms with E-state index in [2.05, 4.69) is 30.2 Å². The van der Waals surface area contributed by atoms with E-state index in [1.807, 2.05) is 20.8 Å². The summed E-state index contributed by atoms with van der Waals surface area (Å²) in [7, 11) is 0. The highest BCUT2D eigenvalue weighted by Crippen LogP contribution is 2.40. The Kier molecular flexibility index (Phi) is 6.08. The summed E-state index contributed by atoms with van der Waals surface area (Å²) in [6.07, 6.45) is 6.33. The number of aromatic amines is 1. The molecule has 1 unspecified atom stereocenters. The molecule has 9 nitrogen and oxygen atoms in total. The van der Waals surface area contributed by atoms with Crippen LogP contribution in [0.1, 0.15) is 46.2 Å². The van der Waals surface area contributed by atoms with E-state index in [0.29, 0.717) is 33.6 Å². The second kappa shape index (κ2) is 8.56. The maximum atomic E-state index is 15.6. The third-order valence-electron chi connectivity index (χ3n) is 5.00. The maximum absolute atomic E-state index is 15.6. The van der Waals surface area contributed by atoms with Crippen LogP contribution in [0.2, 0.25) is 5.02 Å². The second-order valence-corrected chi connectivity index (χ2v) is 11.0. The van der Waals surface area contributed by atoms with Crippen molar-refractivity contribution >= 4 is 51.2 Å². The van der Waals surface area contributed by atoms with Crippen molar-refractivity contribution < 1.29 is 13.7 Å². The van der Waals surface area contributed by atoms with Crippen LogP contribution in [-0.4, -0.2) is 39.8 Å². The van der Waals surface area contributed by atoms with Gasteiger partial charge in [-0.25, -0.2) is 9.37 Å². The van der Waals surface area contributed by atoms with Crippen LogP contribution in [0.15, 0.2) is 24.8 Å². The summed E-state index contributed by atoms with van der Waals surface area (Å²) in [5.74, 6) is -0.530. The average Bonchev–Trinajstić information content (AvgIpc) is 3.33. The summed E-state index contributed by atoms with van der Waals surface area (Å²) in [5.41, 5.74) is 1.94. The molecule has 0 aliphatic rings. The van der Waals surface area contributed by atoms with Crippen molar-refractivity contribution in [3.05, 3.63) is 41.2 Å². The quantitative estimate of drug-likeness (QED) is 0.360. The Morgan fingerprint density at radius 1 is 1.33 bits per heavy atom. The molecule has 0 aliphatic heterocycles. The smallest absolute Gasteiger partial charge is 0.222 e. The van der Waals surface area contributed by atoms with Crippen LogP contribution in [0, 0.1) is 5.82 Å². The van der Waals surface area contributed by atoms with E-state index in [9.17, 15) is 9.35 Å². The van der Waals surface area contributed by atoms with E-state index in [1.165, 1.54) is 13.1 Å². The van der Waals surface area contributed by atoms with Gasteiger partial charge < -0.3 is 14.3 Å². The maximum Gasteiger partial charge on any atom is 0.222 e. The number of benzene rings is 1. The van der Waals surface area contributed by atoms with Gasteiger partial charge in [0.2, 0.25) is 5.91 Å². The molecule has 0 fully saturated rings. The molecule has 3 aromatic heterocycles. The first-order valence-corrected chi connectivity index (χ1v) is 11.6. The minimum atomic E-state index is -1.42. The number of nitrogens with one attached hydrogen (secondary N) is 3. The number of hydrogen-bond acceptors (Lipinski definition) is 6. The molecular weight excluding hydrogens is 469 g/mol. The Labute approximate surface area is 197 Å². The van der Waals surface area contributed by atoms with Gasteiger partial charge in [-0.1, -0.05) is 11.6 Å². The van der Waals surface area contributed by atoms with Gasteiger partial charge in [0.25, 0.3) is 0 Å². The van der Waals surface area contributed by atoms with Crippen LogP contribution in [0.3, 0.4) is 0 Å². The fourth-order valence-electron chi connectivity index (χ4n) is 3.46. The first-order chi connectivity index (χ1) is 15.5. The fourth-order valence-corrected chi connectivity index (χ4v) is 4.55. The van der Waals surface area contributed by atoms with Crippen molar-refractivity contribution in [1.29, 1.82) is 0 Å². The van der Waals surface area contributed by atoms with Crippen molar-refractivity contribution in [3.8, 4) is 11.3 Å². The summed E-state index contributed by atoms with van der Waals surface area (Å²) in [6, 6.07) is -0.608. The molecule has 12 heteroatoms. The van der Waals surface area contributed by atoms with Gasteiger partial charge in [0, 0.05) is 41.0 Å². The third-order valence-corrected chi connectivity index (χ3v) is 7.04. The number of amides is 1. The van der Waals surface area contributed by atoms with Gasteiger partial charge in [0.05, 0.1) is 40.9 Å². The molecule has 3 N–H and O–H groups in total. The summed E-state index contributed by atoms with van der Waals surface area (Å²) < 4.78 is 32.3. The molecule has 2 atom stereocenters. The van der Waals surface area contributed by atoms with Crippen molar-refractivity contribution in [2.75, 3.05) is 5.32 Å². The number of carbonyl (C=O) groups is 1. The third kappa shape index (κ3) is 4.41. The standard InChI is InChI=1S/C21H23ClFN7O2S/c1-10(29-33(32)21(3,4)5)16-19(23)18(22)17(12-6-25-28-20(12)16)13-8-30-9-14(26-11(2)31)27-15(30)7-24-13/h6-10,29H,1-5H3,(H,25,28)(H,26,31)/t10?,33-/m0/s1. The van der Waals surface area contributed by atoms with Gasteiger partial charge in [-0.05, 0) is 27.7 Å². The topological polar surface area (TPSA) is 123 Å². The summed E-state index contributed by atoms with van der Waals surface area (Å²) in [6.45, 7) is 8.60. The van der Waals surface area contributed by atoms with E-state index < -0.39 is 28.0 Å². The number of imidazole rings is 1. The predicted molar refractivity (Wildman–Crippen MR) is 127 cm³/mol. The van der Waals surface area contributed by atoms with Gasteiger partial charge in [-0.15, -0.1) is 4.72 Å². The number of aromatic nitrogens is 5. The minimum absolute atomic E-state index is 0.122. The van der Waals surface area contributed by atoms with Crippen LogP contribution in [0.5, 0.6) is 0 Å². The zero-order chi connectivity index (χ0) is 24.1. The lowest BCUT2D eigenvalue weighted by molar-refractivity contribution is -0.114. The zero-order valence-corrected chi connectivity index (χ0v) is 20.2. The normalized spacial score (nSPS) is 14.1. The second-order valence-electron chi connectivity index (χ2n) is 8.64. The lowest BCUT2D eigenvalue weighted by atomic mass is 9.99. The van der Waals surface area contributed by atoms with Crippen LogP contribution >= 0.6 is 11.6 Å². The monoisotopic (exact) mass is 491 g/mol. The summed E-state index contributed by atoms with van der Waals surface area (Å²) in [4.78, 5) is 20.0. The van der Waals surface area contributed by atoms with Crippen molar-refractivity contribution in [1.82, 2.24) is 29.3 Å². The van der Waals surface area contributed by atoms with E-state index >= 15 is 4.39 Å².